The number of ether oxygens (including phenoxy) is 1. The Labute approximate surface area is 128 Å². The fraction of sp³-hybridized carbons (Fsp3) is 0.667. The third kappa shape index (κ3) is 5.77. The van der Waals surface area contributed by atoms with Crippen LogP contribution in [0.3, 0.4) is 0 Å². The molecule has 1 aromatic carbocycles. The van der Waals surface area contributed by atoms with Crippen molar-refractivity contribution in [2.24, 2.45) is 5.92 Å². The van der Waals surface area contributed by atoms with Gasteiger partial charge in [0.2, 0.25) is 0 Å². The quantitative estimate of drug-likeness (QED) is 0.811. The molecule has 0 aliphatic heterocycles. The summed E-state index contributed by atoms with van der Waals surface area (Å²) in [6.45, 7) is 6.15. The van der Waals surface area contributed by atoms with E-state index in [9.17, 15) is 5.11 Å². The van der Waals surface area contributed by atoms with E-state index in [2.05, 4.69) is 43.4 Å². The highest BCUT2D eigenvalue weighted by molar-refractivity contribution is 5.21. The SMILES string of the molecule is Cc1ccc(CNCC(O)COC2CCCCC2C)cc1. The predicted octanol–water partition coefficient (Wildman–Crippen LogP) is 3.04. The molecule has 0 amide bonds. The van der Waals surface area contributed by atoms with Crippen molar-refractivity contribution >= 4 is 0 Å². The van der Waals surface area contributed by atoms with E-state index in [-0.39, 0.29) is 0 Å². The maximum atomic E-state index is 10.0. The molecule has 1 aromatic rings. The molecule has 2 N–H and O–H groups in total. The molecule has 3 unspecified atom stereocenters. The van der Waals surface area contributed by atoms with Crippen molar-refractivity contribution in [3.63, 3.8) is 0 Å². The largest absolute Gasteiger partial charge is 0.389 e. The van der Waals surface area contributed by atoms with Crippen molar-refractivity contribution in [1.82, 2.24) is 5.32 Å². The van der Waals surface area contributed by atoms with Crippen molar-refractivity contribution in [2.75, 3.05) is 13.2 Å². The Morgan fingerprint density at radius 2 is 1.95 bits per heavy atom. The fourth-order valence-electron chi connectivity index (χ4n) is 2.91. The van der Waals surface area contributed by atoms with Gasteiger partial charge in [-0.25, -0.2) is 0 Å². The average Bonchev–Trinajstić information content (AvgIpc) is 2.48. The molecule has 3 atom stereocenters. The Hall–Kier alpha value is -0.900. The van der Waals surface area contributed by atoms with Gasteiger partial charge in [-0.15, -0.1) is 0 Å². The normalized spacial score (nSPS) is 24.0. The second-order valence-corrected chi connectivity index (χ2v) is 6.40. The number of aryl methyl sites for hydroxylation is 1. The van der Waals surface area contributed by atoms with Gasteiger partial charge >= 0.3 is 0 Å². The van der Waals surface area contributed by atoms with E-state index < -0.39 is 6.10 Å². The fourth-order valence-corrected chi connectivity index (χ4v) is 2.91. The topological polar surface area (TPSA) is 41.5 Å². The van der Waals surface area contributed by atoms with Crippen LogP contribution in [-0.4, -0.2) is 30.5 Å². The van der Waals surface area contributed by atoms with Gasteiger partial charge in [0.1, 0.15) is 0 Å². The lowest BCUT2D eigenvalue weighted by molar-refractivity contribution is -0.0452. The van der Waals surface area contributed by atoms with Gasteiger partial charge in [0, 0.05) is 13.1 Å². The first-order valence-corrected chi connectivity index (χ1v) is 8.21. The molecule has 1 aliphatic rings. The molecule has 1 saturated carbocycles. The summed E-state index contributed by atoms with van der Waals surface area (Å²) in [5.74, 6) is 0.631. The first-order valence-electron chi connectivity index (χ1n) is 8.21. The van der Waals surface area contributed by atoms with Crippen LogP contribution >= 0.6 is 0 Å². The third-order valence-corrected chi connectivity index (χ3v) is 4.37. The lowest BCUT2D eigenvalue weighted by Gasteiger charge is -2.29. The molecular formula is C18H29NO2. The molecule has 3 nitrogen and oxygen atoms in total. The lowest BCUT2D eigenvalue weighted by atomic mass is 9.88. The highest BCUT2D eigenvalue weighted by atomic mass is 16.5. The Morgan fingerprint density at radius 3 is 2.67 bits per heavy atom. The van der Waals surface area contributed by atoms with Gasteiger partial charge in [0.25, 0.3) is 0 Å². The van der Waals surface area contributed by atoms with Gasteiger partial charge in [-0.2, -0.15) is 0 Å². The molecule has 1 fully saturated rings. The summed E-state index contributed by atoms with van der Waals surface area (Å²) >= 11 is 0. The van der Waals surface area contributed by atoms with Crippen LogP contribution in [0.1, 0.15) is 43.7 Å². The molecule has 0 aromatic heterocycles. The van der Waals surface area contributed by atoms with E-state index in [0.29, 0.717) is 25.2 Å². The van der Waals surface area contributed by atoms with Crippen molar-refractivity contribution in [1.29, 1.82) is 0 Å². The van der Waals surface area contributed by atoms with E-state index in [1.54, 1.807) is 0 Å². The molecule has 2 rings (SSSR count). The molecular weight excluding hydrogens is 262 g/mol. The molecule has 118 valence electrons. The number of benzene rings is 1. The van der Waals surface area contributed by atoms with Gasteiger partial charge in [-0.1, -0.05) is 49.6 Å². The summed E-state index contributed by atoms with van der Waals surface area (Å²) in [5.41, 5.74) is 2.52. The molecule has 0 saturated heterocycles. The molecule has 0 radical (unpaired) electrons. The van der Waals surface area contributed by atoms with Crippen LogP contribution in [0.4, 0.5) is 0 Å². The summed E-state index contributed by atoms with van der Waals surface area (Å²) in [6, 6.07) is 8.46. The van der Waals surface area contributed by atoms with Crippen LogP contribution in [0.25, 0.3) is 0 Å². The number of aliphatic hydroxyl groups excluding tert-OH is 1. The summed E-state index contributed by atoms with van der Waals surface area (Å²) in [6.07, 6.45) is 4.89. The average molecular weight is 291 g/mol. The molecule has 0 spiro atoms. The first-order chi connectivity index (χ1) is 10.1. The van der Waals surface area contributed by atoms with Crippen molar-refractivity contribution in [3.05, 3.63) is 35.4 Å². The van der Waals surface area contributed by atoms with Gasteiger partial charge < -0.3 is 15.2 Å². The summed E-state index contributed by atoms with van der Waals surface area (Å²) < 4.78 is 5.89. The van der Waals surface area contributed by atoms with E-state index in [1.165, 1.54) is 30.4 Å². The first kappa shape index (κ1) is 16.5. The zero-order chi connectivity index (χ0) is 15.1. The van der Waals surface area contributed by atoms with Crippen molar-refractivity contribution < 1.29 is 9.84 Å². The third-order valence-electron chi connectivity index (χ3n) is 4.37. The minimum atomic E-state index is -0.426. The Bertz CT molecular complexity index is 404. The maximum absolute atomic E-state index is 10.0. The molecule has 21 heavy (non-hydrogen) atoms. The lowest BCUT2D eigenvalue weighted by Crippen LogP contribution is -2.34. The minimum Gasteiger partial charge on any atom is -0.389 e. The molecule has 0 bridgehead atoms. The van der Waals surface area contributed by atoms with Crippen LogP contribution in [0, 0.1) is 12.8 Å². The molecule has 1 aliphatic carbocycles. The standard InChI is InChI=1S/C18H29NO2/c1-14-7-9-16(10-8-14)11-19-12-17(20)13-21-18-6-4-3-5-15(18)2/h7-10,15,17-20H,3-6,11-13H2,1-2H3. The summed E-state index contributed by atoms with van der Waals surface area (Å²) in [7, 11) is 0. The van der Waals surface area contributed by atoms with Gasteiger partial charge in [-0.3, -0.25) is 0 Å². The molecule has 0 heterocycles. The predicted molar refractivity (Wildman–Crippen MR) is 86.3 cm³/mol. The second kappa shape index (κ2) is 8.52. The van der Waals surface area contributed by atoms with Crippen LogP contribution in [0.2, 0.25) is 0 Å². The van der Waals surface area contributed by atoms with E-state index in [0.717, 1.165) is 13.0 Å². The van der Waals surface area contributed by atoms with Gasteiger partial charge in [0.05, 0.1) is 18.8 Å². The molecule has 3 heteroatoms. The van der Waals surface area contributed by atoms with Crippen LogP contribution in [0.5, 0.6) is 0 Å². The highest BCUT2D eigenvalue weighted by Crippen LogP contribution is 2.26. The minimum absolute atomic E-state index is 0.338. The van der Waals surface area contributed by atoms with E-state index in [1.807, 2.05) is 0 Å². The van der Waals surface area contributed by atoms with E-state index >= 15 is 0 Å². The summed E-state index contributed by atoms with van der Waals surface area (Å²) in [5, 5.41) is 13.3. The second-order valence-electron chi connectivity index (χ2n) is 6.40. The monoisotopic (exact) mass is 291 g/mol. The zero-order valence-corrected chi connectivity index (χ0v) is 13.3. The highest BCUT2D eigenvalue weighted by Gasteiger charge is 2.22. The Morgan fingerprint density at radius 1 is 1.24 bits per heavy atom. The number of hydrogen-bond acceptors (Lipinski definition) is 3. The van der Waals surface area contributed by atoms with Crippen LogP contribution in [0.15, 0.2) is 24.3 Å². The van der Waals surface area contributed by atoms with E-state index in [4.69, 9.17) is 4.74 Å². The van der Waals surface area contributed by atoms with Gasteiger partial charge in [-0.05, 0) is 31.2 Å². The maximum Gasteiger partial charge on any atom is 0.0897 e. The smallest absolute Gasteiger partial charge is 0.0897 e. The number of rotatable bonds is 7. The van der Waals surface area contributed by atoms with Crippen LogP contribution in [-0.2, 0) is 11.3 Å². The van der Waals surface area contributed by atoms with Gasteiger partial charge in [0.15, 0.2) is 0 Å². The Balaban J connectivity index is 1.61. The number of hydrogen-bond donors (Lipinski definition) is 2. The number of nitrogens with one attached hydrogen (secondary N) is 1. The zero-order valence-electron chi connectivity index (χ0n) is 13.3. The number of aliphatic hydroxyl groups is 1. The van der Waals surface area contributed by atoms with Crippen LogP contribution < -0.4 is 5.32 Å². The van der Waals surface area contributed by atoms with Crippen molar-refractivity contribution in [3.8, 4) is 0 Å². The van der Waals surface area contributed by atoms with Crippen molar-refractivity contribution in [2.45, 2.75) is 58.3 Å². The Kier molecular flexibility index (Phi) is 6.68. The summed E-state index contributed by atoms with van der Waals surface area (Å²) in [4.78, 5) is 0.